The summed E-state index contributed by atoms with van der Waals surface area (Å²) in [6, 6.07) is 4.80. The lowest BCUT2D eigenvalue weighted by molar-refractivity contribution is -0.123. The van der Waals surface area contributed by atoms with E-state index in [4.69, 9.17) is 21.1 Å². The zero-order valence-electron chi connectivity index (χ0n) is 13.4. The molecule has 126 valence electrons. The third kappa shape index (κ3) is 4.42. The second-order valence-electron chi connectivity index (χ2n) is 4.92. The predicted octanol–water partition coefficient (Wildman–Crippen LogP) is 2.63. The summed E-state index contributed by atoms with van der Waals surface area (Å²) < 4.78 is 10.2. The van der Waals surface area contributed by atoms with Gasteiger partial charge in [0.05, 0.1) is 24.7 Å². The number of amides is 1. The van der Waals surface area contributed by atoms with Crippen molar-refractivity contribution in [2.75, 3.05) is 12.4 Å². The van der Waals surface area contributed by atoms with Crippen molar-refractivity contribution in [2.24, 2.45) is 0 Å². The standard InChI is InChI=1S/C16H16ClN3O4/c1-9-7-19-13(8-18-9)16(22)24-10(2)15(21)20-12-6-11(17)4-5-14(12)23-3/h4-8,10H,1-3H3,(H,20,21). The van der Waals surface area contributed by atoms with Gasteiger partial charge < -0.3 is 14.8 Å². The van der Waals surface area contributed by atoms with Crippen LogP contribution in [0, 0.1) is 6.92 Å². The second kappa shape index (κ2) is 7.74. The normalized spacial score (nSPS) is 11.5. The van der Waals surface area contributed by atoms with Crippen molar-refractivity contribution in [1.82, 2.24) is 9.97 Å². The smallest absolute Gasteiger partial charge is 0.359 e. The molecule has 0 fully saturated rings. The van der Waals surface area contributed by atoms with Gasteiger partial charge in [-0.05, 0) is 32.0 Å². The van der Waals surface area contributed by atoms with E-state index in [0.29, 0.717) is 22.2 Å². The molecule has 0 radical (unpaired) electrons. The lowest BCUT2D eigenvalue weighted by Gasteiger charge is -2.15. The fraction of sp³-hybridized carbons (Fsp3) is 0.250. The van der Waals surface area contributed by atoms with Crippen molar-refractivity contribution < 1.29 is 19.1 Å². The van der Waals surface area contributed by atoms with Gasteiger partial charge in [-0.1, -0.05) is 11.6 Å². The Morgan fingerprint density at radius 3 is 2.62 bits per heavy atom. The van der Waals surface area contributed by atoms with Crippen molar-refractivity contribution >= 4 is 29.2 Å². The number of nitrogens with zero attached hydrogens (tertiary/aromatic N) is 2. The molecule has 1 unspecified atom stereocenters. The number of aromatic nitrogens is 2. The molecule has 0 aliphatic carbocycles. The number of hydrogen-bond acceptors (Lipinski definition) is 6. The van der Waals surface area contributed by atoms with Gasteiger partial charge in [-0.25, -0.2) is 9.78 Å². The summed E-state index contributed by atoms with van der Waals surface area (Å²) in [4.78, 5) is 32.0. The number of halogens is 1. The van der Waals surface area contributed by atoms with Gasteiger partial charge in [0.1, 0.15) is 5.75 Å². The quantitative estimate of drug-likeness (QED) is 0.834. The first-order valence-electron chi connectivity index (χ1n) is 7.04. The first-order chi connectivity index (χ1) is 11.4. The summed E-state index contributed by atoms with van der Waals surface area (Å²) in [6.45, 7) is 3.20. The highest BCUT2D eigenvalue weighted by Gasteiger charge is 2.21. The minimum Gasteiger partial charge on any atom is -0.495 e. The monoisotopic (exact) mass is 349 g/mol. The highest BCUT2D eigenvalue weighted by atomic mass is 35.5. The summed E-state index contributed by atoms with van der Waals surface area (Å²) >= 11 is 5.91. The maximum absolute atomic E-state index is 12.2. The van der Waals surface area contributed by atoms with Crippen LogP contribution in [0.4, 0.5) is 5.69 Å². The van der Waals surface area contributed by atoms with Crippen LogP contribution in [0.25, 0.3) is 0 Å². The van der Waals surface area contributed by atoms with Crippen LogP contribution in [0.3, 0.4) is 0 Å². The van der Waals surface area contributed by atoms with E-state index in [2.05, 4.69) is 15.3 Å². The van der Waals surface area contributed by atoms with E-state index in [0.717, 1.165) is 0 Å². The Kier molecular flexibility index (Phi) is 5.70. The number of nitrogens with one attached hydrogen (secondary N) is 1. The number of methoxy groups -OCH3 is 1. The maximum Gasteiger partial charge on any atom is 0.359 e. The Morgan fingerprint density at radius 2 is 2.00 bits per heavy atom. The largest absolute Gasteiger partial charge is 0.495 e. The van der Waals surface area contributed by atoms with Crippen molar-refractivity contribution in [3.05, 3.63) is 47.0 Å². The Bertz CT molecular complexity index is 749. The molecule has 0 aliphatic heterocycles. The topological polar surface area (TPSA) is 90.4 Å². The summed E-state index contributed by atoms with van der Waals surface area (Å²) in [7, 11) is 1.47. The third-order valence-electron chi connectivity index (χ3n) is 3.06. The number of aryl methyl sites for hydroxylation is 1. The van der Waals surface area contributed by atoms with Gasteiger partial charge >= 0.3 is 5.97 Å². The fourth-order valence-corrected chi connectivity index (χ4v) is 1.96. The molecule has 1 N–H and O–H groups in total. The fourth-order valence-electron chi connectivity index (χ4n) is 1.78. The van der Waals surface area contributed by atoms with E-state index >= 15 is 0 Å². The number of hydrogen-bond donors (Lipinski definition) is 1. The molecule has 2 rings (SSSR count). The van der Waals surface area contributed by atoms with Gasteiger partial charge in [0.25, 0.3) is 5.91 Å². The molecule has 0 saturated heterocycles. The number of benzene rings is 1. The summed E-state index contributed by atoms with van der Waals surface area (Å²) in [6.07, 6.45) is 1.70. The predicted molar refractivity (Wildman–Crippen MR) is 88.3 cm³/mol. The first-order valence-corrected chi connectivity index (χ1v) is 7.42. The zero-order chi connectivity index (χ0) is 17.7. The molecule has 1 aromatic heterocycles. The number of carbonyl (C=O) groups excluding carboxylic acids is 2. The van der Waals surface area contributed by atoms with Crippen LogP contribution in [0.15, 0.2) is 30.6 Å². The molecule has 2 aromatic rings. The number of rotatable bonds is 5. The highest BCUT2D eigenvalue weighted by molar-refractivity contribution is 6.31. The van der Waals surface area contributed by atoms with Crippen LogP contribution in [0.2, 0.25) is 5.02 Å². The third-order valence-corrected chi connectivity index (χ3v) is 3.30. The van der Waals surface area contributed by atoms with Crippen LogP contribution in [-0.2, 0) is 9.53 Å². The average Bonchev–Trinajstić information content (AvgIpc) is 2.55. The molecule has 0 spiro atoms. The van der Waals surface area contributed by atoms with Crippen molar-refractivity contribution in [3.8, 4) is 5.75 Å². The van der Waals surface area contributed by atoms with Gasteiger partial charge in [0.2, 0.25) is 0 Å². The molecule has 0 aliphatic rings. The van der Waals surface area contributed by atoms with Crippen molar-refractivity contribution in [2.45, 2.75) is 20.0 Å². The molecule has 0 bridgehead atoms. The summed E-state index contributed by atoms with van der Waals surface area (Å²) in [5, 5.41) is 3.04. The van der Waals surface area contributed by atoms with E-state index in [9.17, 15) is 9.59 Å². The maximum atomic E-state index is 12.2. The van der Waals surface area contributed by atoms with Crippen molar-refractivity contribution in [3.63, 3.8) is 0 Å². The average molecular weight is 350 g/mol. The lowest BCUT2D eigenvalue weighted by Crippen LogP contribution is -2.30. The molecule has 1 amide bonds. The minimum absolute atomic E-state index is 0.0283. The molecule has 1 heterocycles. The molecule has 7 nitrogen and oxygen atoms in total. The molecular formula is C16H16ClN3O4. The number of ether oxygens (including phenoxy) is 2. The summed E-state index contributed by atoms with van der Waals surface area (Å²) in [5.74, 6) is -0.817. The second-order valence-corrected chi connectivity index (χ2v) is 5.36. The summed E-state index contributed by atoms with van der Waals surface area (Å²) in [5.41, 5.74) is 1.08. The Hall–Kier alpha value is -2.67. The van der Waals surface area contributed by atoms with Gasteiger partial charge in [0, 0.05) is 11.2 Å². The van der Waals surface area contributed by atoms with Crippen LogP contribution < -0.4 is 10.1 Å². The number of carbonyl (C=O) groups is 2. The minimum atomic E-state index is -1.04. The molecule has 8 heteroatoms. The SMILES string of the molecule is COc1ccc(Cl)cc1NC(=O)C(C)OC(=O)c1cnc(C)cn1. The number of esters is 1. The van der Waals surface area contributed by atoms with Gasteiger partial charge in [-0.15, -0.1) is 0 Å². The highest BCUT2D eigenvalue weighted by Crippen LogP contribution is 2.27. The molecule has 1 atom stereocenters. The Balaban J connectivity index is 2.03. The van der Waals surface area contributed by atoms with Crippen LogP contribution in [0.5, 0.6) is 5.75 Å². The molecule has 24 heavy (non-hydrogen) atoms. The van der Waals surface area contributed by atoms with Crippen LogP contribution in [-0.4, -0.2) is 35.1 Å². The van der Waals surface area contributed by atoms with Gasteiger partial charge in [0.15, 0.2) is 11.8 Å². The van der Waals surface area contributed by atoms with E-state index < -0.39 is 18.0 Å². The van der Waals surface area contributed by atoms with E-state index in [1.165, 1.54) is 32.5 Å². The molecular weight excluding hydrogens is 334 g/mol. The molecule has 1 aromatic carbocycles. The van der Waals surface area contributed by atoms with Gasteiger partial charge in [-0.3, -0.25) is 9.78 Å². The Morgan fingerprint density at radius 1 is 1.25 bits per heavy atom. The number of anilines is 1. The van der Waals surface area contributed by atoms with E-state index in [1.807, 2.05) is 0 Å². The van der Waals surface area contributed by atoms with Crippen LogP contribution >= 0.6 is 11.6 Å². The van der Waals surface area contributed by atoms with Gasteiger partial charge in [-0.2, -0.15) is 0 Å². The van der Waals surface area contributed by atoms with Crippen LogP contribution in [0.1, 0.15) is 23.1 Å². The zero-order valence-corrected chi connectivity index (χ0v) is 14.1. The van der Waals surface area contributed by atoms with E-state index in [-0.39, 0.29) is 5.69 Å². The van der Waals surface area contributed by atoms with Crippen molar-refractivity contribution in [1.29, 1.82) is 0 Å². The molecule has 0 saturated carbocycles. The Labute approximate surface area is 144 Å². The lowest BCUT2D eigenvalue weighted by atomic mass is 10.2. The van der Waals surface area contributed by atoms with E-state index in [1.54, 1.807) is 19.1 Å². The first kappa shape index (κ1) is 17.7.